The Morgan fingerprint density at radius 1 is 1.00 bits per heavy atom. The van der Waals surface area contributed by atoms with Gasteiger partial charge in [-0.25, -0.2) is 0 Å². The van der Waals surface area contributed by atoms with Crippen LogP contribution in [0.1, 0.15) is 38.5 Å². The van der Waals surface area contributed by atoms with Gasteiger partial charge in [-0.3, -0.25) is 9.59 Å². The first kappa shape index (κ1) is 8.67. The molecule has 2 heteroatoms. The molecule has 70 valence electrons. The van der Waals surface area contributed by atoms with E-state index in [0.717, 1.165) is 12.8 Å². The Labute approximate surface area is 78.0 Å². The maximum Gasteiger partial charge on any atom is 0.166 e. The van der Waals surface area contributed by atoms with Crippen molar-refractivity contribution in [1.29, 1.82) is 0 Å². The molecule has 2 rings (SSSR count). The van der Waals surface area contributed by atoms with E-state index < -0.39 is 0 Å². The van der Waals surface area contributed by atoms with E-state index in [1.807, 2.05) is 0 Å². The smallest absolute Gasteiger partial charge is 0.166 e. The summed E-state index contributed by atoms with van der Waals surface area (Å²) >= 11 is 0. The lowest BCUT2D eigenvalue weighted by atomic mass is 9.70. The normalized spacial score (nSPS) is 27.2. The molecular formula is C11H14O2. The van der Waals surface area contributed by atoms with E-state index in [1.54, 1.807) is 0 Å². The lowest BCUT2D eigenvalue weighted by Crippen LogP contribution is -2.33. The van der Waals surface area contributed by atoms with Crippen molar-refractivity contribution in [2.24, 2.45) is 5.41 Å². The first-order valence-electron chi connectivity index (χ1n) is 4.88. The van der Waals surface area contributed by atoms with E-state index in [0.29, 0.717) is 12.8 Å². The van der Waals surface area contributed by atoms with E-state index in [9.17, 15) is 9.59 Å². The van der Waals surface area contributed by atoms with Crippen LogP contribution in [0.4, 0.5) is 0 Å². The summed E-state index contributed by atoms with van der Waals surface area (Å²) in [6.07, 6.45) is 5.59. The predicted molar refractivity (Wildman–Crippen MR) is 49.3 cm³/mol. The average Bonchev–Trinajstić information content (AvgIpc) is 2.49. The minimum atomic E-state index is -0.0156. The van der Waals surface area contributed by atoms with Crippen molar-refractivity contribution in [3.63, 3.8) is 0 Å². The quantitative estimate of drug-likeness (QED) is 0.420. The zero-order valence-electron chi connectivity index (χ0n) is 7.77. The third kappa shape index (κ3) is 1.34. The molecular weight excluding hydrogens is 164 g/mol. The van der Waals surface area contributed by atoms with Crippen LogP contribution < -0.4 is 0 Å². The second kappa shape index (κ2) is 2.79. The predicted octanol–water partition coefficient (Wildman–Crippen LogP) is 2.04. The van der Waals surface area contributed by atoms with Crippen LogP contribution in [0, 0.1) is 5.41 Å². The first-order valence-corrected chi connectivity index (χ1v) is 4.88. The molecule has 0 aliphatic heterocycles. The Kier molecular flexibility index (Phi) is 1.86. The van der Waals surface area contributed by atoms with Crippen LogP contribution in [0.3, 0.4) is 0 Å². The van der Waals surface area contributed by atoms with Gasteiger partial charge in [-0.05, 0) is 18.3 Å². The summed E-state index contributed by atoms with van der Waals surface area (Å²) in [7, 11) is 0. The molecule has 0 bridgehead atoms. The Morgan fingerprint density at radius 2 is 1.46 bits per heavy atom. The van der Waals surface area contributed by atoms with E-state index in [2.05, 4.69) is 6.58 Å². The summed E-state index contributed by atoms with van der Waals surface area (Å²) in [4.78, 5) is 22.9. The highest BCUT2D eigenvalue weighted by molar-refractivity contribution is 6.21. The summed E-state index contributed by atoms with van der Waals surface area (Å²) in [5, 5.41) is 0. The van der Waals surface area contributed by atoms with Gasteiger partial charge in [0.25, 0.3) is 0 Å². The highest BCUT2D eigenvalue weighted by Crippen LogP contribution is 2.47. The maximum atomic E-state index is 11.4. The molecule has 2 fully saturated rings. The van der Waals surface area contributed by atoms with Gasteiger partial charge in [0.1, 0.15) is 0 Å². The van der Waals surface area contributed by atoms with Gasteiger partial charge in [-0.15, -0.1) is 0 Å². The van der Waals surface area contributed by atoms with E-state index in [1.165, 1.54) is 12.8 Å². The number of carbonyl (C=O) groups is 2. The first-order chi connectivity index (χ1) is 6.13. The van der Waals surface area contributed by atoms with E-state index in [-0.39, 0.29) is 22.6 Å². The fourth-order valence-corrected chi connectivity index (χ4v) is 2.59. The van der Waals surface area contributed by atoms with Gasteiger partial charge in [0.15, 0.2) is 11.6 Å². The molecule has 0 heterocycles. The van der Waals surface area contributed by atoms with E-state index in [4.69, 9.17) is 0 Å². The summed E-state index contributed by atoms with van der Waals surface area (Å²) in [5.74, 6) is -0.0312. The minimum Gasteiger partial charge on any atom is -0.294 e. The number of rotatable bonds is 0. The third-order valence-electron chi connectivity index (χ3n) is 3.41. The van der Waals surface area contributed by atoms with Crippen molar-refractivity contribution in [3.8, 4) is 0 Å². The molecule has 0 aromatic rings. The van der Waals surface area contributed by atoms with Gasteiger partial charge in [0, 0.05) is 12.8 Å². The molecule has 0 amide bonds. The number of carbonyl (C=O) groups excluding carboxylic acids is 2. The Morgan fingerprint density at radius 3 is 1.92 bits per heavy atom. The molecule has 0 radical (unpaired) electrons. The van der Waals surface area contributed by atoms with Crippen LogP contribution in [0.2, 0.25) is 0 Å². The van der Waals surface area contributed by atoms with Gasteiger partial charge >= 0.3 is 0 Å². The van der Waals surface area contributed by atoms with Gasteiger partial charge in [0.2, 0.25) is 0 Å². The highest BCUT2D eigenvalue weighted by atomic mass is 16.1. The van der Waals surface area contributed by atoms with Gasteiger partial charge < -0.3 is 0 Å². The highest BCUT2D eigenvalue weighted by Gasteiger charge is 2.42. The van der Waals surface area contributed by atoms with Gasteiger partial charge in [-0.1, -0.05) is 19.4 Å². The number of hydrogen-bond donors (Lipinski definition) is 0. The van der Waals surface area contributed by atoms with Crippen LogP contribution in [0.5, 0.6) is 0 Å². The average molecular weight is 178 g/mol. The molecule has 2 aliphatic carbocycles. The molecule has 2 aliphatic rings. The van der Waals surface area contributed by atoms with Crippen LogP contribution in [0.15, 0.2) is 12.2 Å². The van der Waals surface area contributed by atoms with Crippen molar-refractivity contribution in [2.45, 2.75) is 38.5 Å². The lowest BCUT2D eigenvalue weighted by molar-refractivity contribution is -0.128. The molecule has 1 spiro atoms. The van der Waals surface area contributed by atoms with Crippen LogP contribution in [-0.4, -0.2) is 11.6 Å². The minimum absolute atomic E-state index is 0.0156. The summed E-state index contributed by atoms with van der Waals surface area (Å²) < 4.78 is 0. The Balaban J connectivity index is 2.22. The van der Waals surface area contributed by atoms with Crippen molar-refractivity contribution in [2.75, 3.05) is 0 Å². The van der Waals surface area contributed by atoms with Crippen molar-refractivity contribution >= 4 is 11.6 Å². The molecule has 0 N–H and O–H groups in total. The largest absolute Gasteiger partial charge is 0.294 e. The fraction of sp³-hybridized carbons (Fsp3) is 0.636. The third-order valence-corrected chi connectivity index (χ3v) is 3.41. The lowest BCUT2D eigenvalue weighted by Gasteiger charge is -2.31. The van der Waals surface area contributed by atoms with Crippen molar-refractivity contribution < 1.29 is 9.59 Å². The molecule has 0 aromatic carbocycles. The standard InChI is InChI=1S/C11H14O2/c1-8-9(12)6-11(7-10(8)13)4-2-3-5-11/h1-7H2. The number of hydrogen-bond acceptors (Lipinski definition) is 2. The van der Waals surface area contributed by atoms with Crippen LogP contribution in [-0.2, 0) is 9.59 Å². The maximum absolute atomic E-state index is 11.4. The molecule has 0 unspecified atom stereocenters. The van der Waals surface area contributed by atoms with Crippen molar-refractivity contribution in [1.82, 2.24) is 0 Å². The summed E-state index contributed by atoms with van der Waals surface area (Å²) in [6, 6.07) is 0. The molecule has 0 aromatic heterocycles. The van der Waals surface area contributed by atoms with Crippen molar-refractivity contribution in [3.05, 3.63) is 12.2 Å². The Bertz CT molecular complexity index is 260. The summed E-state index contributed by atoms with van der Waals surface area (Å²) in [6.45, 7) is 3.53. The zero-order chi connectivity index (χ0) is 9.47. The molecule has 2 saturated carbocycles. The fourth-order valence-electron chi connectivity index (χ4n) is 2.59. The Hall–Kier alpha value is -0.920. The molecule has 0 saturated heterocycles. The van der Waals surface area contributed by atoms with Crippen LogP contribution >= 0.6 is 0 Å². The zero-order valence-corrected chi connectivity index (χ0v) is 7.77. The number of allylic oxidation sites excluding steroid dienone is 1. The summed E-state index contributed by atoms with van der Waals surface area (Å²) in [5.41, 5.74) is 0.271. The number of Topliss-reactive ketones (excluding diaryl/α,β-unsaturated/α-hetero) is 2. The van der Waals surface area contributed by atoms with Crippen LogP contribution in [0.25, 0.3) is 0 Å². The molecule has 0 atom stereocenters. The SMILES string of the molecule is C=C1C(=O)CC2(CCCC2)CC1=O. The number of ketones is 2. The van der Waals surface area contributed by atoms with Gasteiger partial charge in [-0.2, -0.15) is 0 Å². The topological polar surface area (TPSA) is 34.1 Å². The molecule has 13 heavy (non-hydrogen) atoms. The second-order valence-electron chi connectivity index (χ2n) is 4.39. The molecule has 2 nitrogen and oxygen atoms in total. The van der Waals surface area contributed by atoms with E-state index >= 15 is 0 Å². The monoisotopic (exact) mass is 178 g/mol. The second-order valence-corrected chi connectivity index (χ2v) is 4.39. The van der Waals surface area contributed by atoms with Gasteiger partial charge in [0.05, 0.1) is 5.57 Å².